The van der Waals surface area contributed by atoms with Crippen LogP contribution in [0.25, 0.3) is 0 Å². The van der Waals surface area contributed by atoms with Crippen molar-refractivity contribution in [3.63, 3.8) is 0 Å². The summed E-state index contributed by atoms with van der Waals surface area (Å²) in [6.45, 7) is 0.0654. The third-order valence-electron chi connectivity index (χ3n) is 4.06. The number of nitrogens with one attached hydrogen (secondary N) is 1. The van der Waals surface area contributed by atoms with Crippen molar-refractivity contribution in [1.29, 1.82) is 0 Å². The van der Waals surface area contributed by atoms with Crippen LogP contribution in [0.1, 0.15) is 11.6 Å². The fourth-order valence-corrected chi connectivity index (χ4v) is 2.62. The van der Waals surface area contributed by atoms with E-state index in [9.17, 15) is 8.78 Å². The van der Waals surface area contributed by atoms with Crippen molar-refractivity contribution in [3.05, 3.63) is 53.6 Å². The lowest BCUT2D eigenvalue weighted by Crippen LogP contribution is -2.28. The molecular weight excluding hydrogens is 354 g/mol. The lowest BCUT2D eigenvalue weighted by molar-refractivity contribution is 0.290. The van der Waals surface area contributed by atoms with Crippen molar-refractivity contribution in [2.24, 2.45) is 10.7 Å². The first kappa shape index (κ1) is 20.4. The number of rotatable bonds is 7. The summed E-state index contributed by atoms with van der Waals surface area (Å²) < 4.78 is 38.7. The van der Waals surface area contributed by atoms with Crippen molar-refractivity contribution >= 4 is 11.6 Å². The van der Waals surface area contributed by atoms with Gasteiger partial charge in [0, 0.05) is 11.6 Å². The highest BCUT2D eigenvalue weighted by Crippen LogP contribution is 2.29. The highest BCUT2D eigenvalue weighted by Gasteiger charge is 2.22. The first-order valence-corrected chi connectivity index (χ1v) is 8.26. The van der Waals surface area contributed by atoms with Crippen LogP contribution in [0.4, 0.5) is 14.5 Å². The summed E-state index contributed by atoms with van der Waals surface area (Å²) in [4.78, 5) is 5.93. The number of nitrogens with zero attached hydrogens (tertiary/aromatic N) is 2. The van der Waals surface area contributed by atoms with Crippen molar-refractivity contribution in [2.75, 3.05) is 40.2 Å². The zero-order valence-corrected chi connectivity index (χ0v) is 15.8. The Morgan fingerprint density at radius 3 is 2.37 bits per heavy atom. The number of halogens is 2. The Balaban J connectivity index is 2.22. The zero-order chi connectivity index (χ0) is 20.0. The Labute approximate surface area is 157 Å². The van der Waals surface area contributed by atoms with Crippen LogP contribution in [0.15, 0.2) is 41.4 Å². The molecule has 0 bridgehead atoms. The Kier molecular flexibility index (Phi) is 6.95. The molecule has 0 aromatic heterocycles. The number of guanidine groups is 1. The SMILES string of the molecule is COc1ccc(OC)c(NC(N)=NCC(c2c(F)cccc2F)N(C)C)c1. The topological polar surface area (TPSA) is 72.1 Å². The summed E-state index contributed by atoms with van der Waals surface area (Å²) in [7, 11) is 6.53. The number of aliphatic imine (C=N–C) groups is 1. The molecule has 146 valence electrons. The van der Waals surface area contributed by atoms with E-state index in [4.69, 9.17) is 15.2 Å². The predicted molar refractivity (Wildman–Crippen MR) is 102 cm³/mol. The smallest absolute Gasteiger partial charge is 0.193 e. The maximum atomic E-state index is 14.1. The van der Waals surface area contributed by atoms with Crippen LogP contribution in [-0.4, -0.2) is 45.7 Å². The van der Waals surface area contributed by atoms with Gasteiger partial charge in [-0.15, -0.1) is 0 Å². The van der Waals surface area contributed by atoms with Gasteiger partial charge in [0.15, 0.2) is 5.96 Å². The number of ether oxygens (including phenoxy) is 2. The standard InChI is InChI=1S/C19H24F2N4O2/c1-25(2)16(18-13(20)6-5-7-14(18)21)11-23-19(22)24-15-10-12(26-3)8-9-17(15)27-4/h5-10,16H,11H2,1-4H3,(H3,22,23,24). The van der Waals surface area contributed by atoms with Crippen LogP contribution in [0.2, 0.25) is 0 Å². The molecule has 1 unspecified atom stereocenters. The number of methoxy groups -OCH3 is 2. The second-order valence-corrected chi connectivity index (χ2v) is 6.03. The Hall–Kier alpha value is -2.87. The third kappa shape index (κ3) is 5.07. The first-order chi connectivity index (χ1) is 12.9. The van der Waals surface area contributed by atoms with Crippen LogP contribution in [0, 0.1) is 11.6 Å². The van der Waals surface area contributed by atoms with E-state index in [1.54, 1.807) is 44.3 Å². The van der Waals surface area contributed by atoms with Gasteiger partial charge in [0.05, 0.1) is 32.5 Å². The van der Waals surface area contributed by atoms with Gasteiger partial charge in [-0.05, 0) is 38.4 Å². The van der Waals surface area contributed by atoms with Crippen molar-refractivity contribution in [2.45, 2.75) is 6.04 Å². The van der Waals surface area contributed by atoms with Gasteiger partial charge in [-0.2, -0.15) is 0 Å². The Morgan fingerprint density at radius 2 is 1.81 bits per heavy atom. The Morgan fingerprint density at radius 1 is 1.15 bits per heavy atom. The zero-order valence-electron chi connectivity index (χ0n) is 15.8. The minimum absolute atomic E-state index is 0.0435. The monoisotopic (exact) mass is 378 g/mol. The minimum Gasteiger partial charge on any atom is -0.497 e. The van der Waals surface area contributed by atoms with E-state index in [-0.39, 0.29) is 18.1 Å². The van der Waals surface area contributed by atoms with Crippen molar-refractivity contribution < 1.29 is 18.3 Å². The number of benzene rings is 2. The molecule has 0 aliphatic carbocycles. The second kappa shape index (κ2) is 9.18. The van der Waals surface area contributed by atoms with E-state index in [1.807, 2.05) is 0 Å². The van der Waals surface area contributed by atoms with E-state index in [1.165, 1.54) is 25.3 Å². The molecule has 0 spiro atoms. The van der Waals surface area contributed by atoms with Gasteiger partial charge in [0.25, 0.3) is 0 Å². The van der Waals surface area contributed by atoms with Gasteiger partial charge in [-0.1, -0.05) is 6.07 Å². The molecular formula is C19H24F2N4O2. The first-order valence-electron chi connectivity index (χ1n) is 8.26. The van der Waals surface area contributed by atoms with Crippen LogP contribution < -0.4 is 20.5 Å². The molecule has 1 atom stereocenters. The average Bonchev–Trinajstić information content (AvgIpc) is 2.63. The van der Waals surface area contributed by atoms with Crippen LogP contribution in [0.3, 0.4) is 0 Å². The number of hydrogen-bond donors (Lipinski definition) is 2. The molecule has 2 rings (SSSR count). The summed E-state index contributed by atoms with van der Waals surface area (Å²) in [5, 5.41) is 2.93. The van der Waals surface area contributed by atoms with Gasteiger partial charge < -0.3 is 25.4 Å². The summed E-state index contributed by atoms with van der Waals surface area (Å²) in [5.74, 6) is 0.0175. The number of nitrogens with two attached hydrogens (primary N) is 1. The molecule has 0 radical (unpaired) electrons. The van der Waals surface area contributed by atoms with Crippen molar-refractivity contribution in [3.8, 4) is 11.5 Å². The summed E-state index contributed by atoms with van der Waals surface area (Å²) >= 11 is 0. The highest BCUT2D eigenvalue weighted by atomic mass is 19.1. The molecule has 8 heteroatoms. The third-order valence-corrected chi connectivity index (χ3v) is 4.06. The molecule has 6 nitrogen and oxygen atoms in total. The molecule has 0 amide bonds. The van der Waals surface area contributed by atoms with Crippen LogP contribution in [0.5, 0.6) is 11.5 Å². The largest absolute Gasteiger partial charge is 0.497 e. The second-order valence-electron chi connectivity index (χ2n) is 6.03. The average molecular weight is 378 g/mol. The number of likely N-dealkylation sites (N-methyl/N-ethyl adjacent to an activating group) is 1. The van der Waals surface area contributed by atoms with Gasteiger partial charge in [-0.25, -0.2) is 8.78 Å². The van der Waals surface area contributed by atoms with Gasteiger partial charge in [0.1, 0.15) is 23.1 Å². The summed E-state index contributed by atoms with van der Waals surface area (Å²) in [6.07, 6.45) is 0. The van der Waals surface area contributed by atoms with Gasteiger partial charge in [0.2, 0.25) is 0 Å². The molecule has 2 aromatic rings. The molecule has 2 aromatic carbocycles. The summed E-state index contributed by atoms with van der Waals surface area (Å²) in [5.41, 5.74) is 6.48. The van der Waals surface area contributed by atoms with Crippen LogP contribution >= 0.6 is 0 Å². The fourth-order valence-electron chi connectivity index (χ4n) is 2.62. The quantitative estimate of drug-likeness (QED) is 0.572. The molecule has 0 aliphatic rings. The maximum Gasteiger partial charge on any atom is 0.193 e. The fraction of sp³-hybridized carbons (Fsp3) is 0.316. The molecule has 0 fully saturated rings. The molecule has 0 saturated heterocycles. The molecule has 0 saturated carbocycles. The lowest BCUT2D eigenvalue weighted by Gasteiger charge is -2.24. The van der Waals surface area contributed by atoms with Crippen molar-refractivity contribution in [1.82, 2.24) is 4.90 Å². The van der Waals surface area contributed by atoms with E-state index in [0.29, 0.717) is 17.2 Å². The predicted octanol–water partition coefficient (Wildman–Crippen LogP) is 3.01. The molecule has 0 aliphatic heterocycles. The van der Waals surface area contributed by atoms with Gasteiger partial charge in [-0.3, -0.25) is 4.99 Å². The number of anilines is 1. The van der Waals surface area contributed by atoms with E-state index in [0.717, 1.165) is 0 Å². The molecule has 27 heavy (non-hydrogen) atoms. The van der Waals surface area contributed by atoms with Crippen LogP contribution in [-0.2, 0) is 0 Å². The van der Waals surface area contributed by atoms with E-state index < -0.39 is 17.7 Å². The number of hydrogen-bond acceptors (Lipinski definition) is 4. The highest BCUT2D eigenvalue weighted by molar-refractivity contribution is 5.94. The Bertz CT molecular complexity index is 792. The lowest BCUT2D eigenvalue weighted by atomic mass is 10.0. The minimum atomic E-state index is -0.620. The normalized spacial score (nSPS) is 12.8. The molecule has 0 heterocycles. The maximum absolute atomic E-state index is 14.1. The van der Waals surface area contributed by atoms with E-state index in [2.05, 4.69) is 10.3 Å². The molecule has 3 N–H and O–H groups in total. The van der Waals surface area contributed by atoms with Gasteiger partial charge >= 0.3 is 0 Å². The van der Waals surface area contributed by atoms with E-state index >= 15 is 0 Å². The summed E-state index contributed by atoms with van der Waals surface area (Å²) in [6, 6.07) is 8.35.